The molecule has 0 aromatic heterocycles. The first-order valence-electron chi connectivity index (χ1n) is 8.65. The molecule has 0 heterocycles. The van der Waals surface area contributed by atoms with Gasteiger partial charge in [0.2, 0.25) is 0 Å². The van der Waals surface area contributed by atoms with Crippen LogP contribution in [0.5, 0.6) is 5.75 Å². The molecule has 0 bridgehead atoms. The van der Waals surface area contributed by atoms with Crippen molar-refractivity contribution in [1.82, 2.24) is 0 Å². The van der Waals surface area contributed by atoms with E-state index >= 15 is 0 Å². The molecular weight excluding hydrogens is 331 g/mol. The van der Waals surface area contributed by atoms with Gasteiger partial charge in [-0.3, -0.25) is 0 Å². The third-order valence-electron chi connectivity index (χ3n) is 4.61. The Hall–Kier alpha value is -1.54. The lowest BCUT2D eigenvalue weighted by molar-refractivity contribution is 0.464. The van der Waals surface area contributed by atoms with Crippen molar-refractivity contribution in [3.8, 4) is 5.75 Å². The summed E-state index contributed by atoms with van der Waals surface area (Å²) in [6.45, 7) is 8.36. The van der Waals surface area contributed by atoms with E-state index in [2.05, 4.69) is 52.2 Å². The quantitative estimate of drug-likeness (QED) is 0.663. The zero-order valence-electron chi connectivity index (χ0n) is 15.6. The van der Waals surface area contributed by atoms with E-state index in [1.54, 1.807) is 6.07 Å². The average Bonchev–Trinajstić information content (AvgIpc) is 2.49. The van der Waals surface area contributed by atoms with E-state index in [9.17, 15) is 14.9 Å². The highest BCUT2D eigenvalue weighted by molar-refractivity contribution is 7.62. The van der Waals surface area contributed by atoms with Gasteiger partial charge in [-0.15, -0.1) is 0 Å². The molecule has 0 aliphatic heterocycles. The van der Waals surface area contributed by atoms with E-state index < -0.39 is 7.34 Å². The van der Waals surface area contributed by atoms with Gasteiger partial charge in [0.15, 0.2) is 0 Å². The second-order valence-electron chi connectivity index (χ2n) is 7.29. The predicted molar refractivity (Wildman–Crippen MR) is 108 cm³/mol. The number of benzene rings is 2. The Bertz CT molecular complexity index is 780. The van der Waals surface area contributed by atoms with E-state index in [-0.39, 0.29) is 5.92 Å². The number of hydrogen-bond acceptors (Lipinski definition) is 3. The van der Waals surface area contributed by atoms with Crippen molar-refractivity contribution in [2.75, 3.05) is 6.16 Å². The number of aromatic hydroxyl groups is 1. The normalized spacial score (nSPS) is 12.0. The van der Waals surface area contributed by atoms with Gasteiger partial charge in [0, 0.05) is 6.16 Å². The number of phenols is 1. The van der Waals surface area contributed by atoms with Crippen LogP contribution in [0.1, 0.15) is 53.1 Å². The zero-order chi connectivity index (χ0) is 18.8. The summed E-state index contributed by atoms with van der Waals surface area (Å²) >= 11 is 0. The molecule has 0 unspecified atom stereocenters. The molecule has 0 saturated carbocycles. The first-order valence-corrected chi connectivity index (χ1v) is 10.7. The van der Waals surface area contributed by atoms with Crippen LogP contribution in [0.4, 0.5) is 0 Å². The molecule has 25 heavy (non-hydrogen) atoms. The van der Waals surface area contributed by atoms with E-state index in [0.29, 0.717) is 18.3 Å². The highest BCUT2D eigenvalue weighted by Crippen LogP contribution is 2.35. The Balaban J connectivity index is 2.26. The summed E-state index contributed by atoms with van der Waals surface area (Å²) in [5.41, 5.74) is 6.98. The maximum Gasteiger partial charge on any atom is 0.119 e. The van der Waals surface area contributed by atoms with E-state index in [4.69, 9.17) is 0 Å². The molecule has 0 spiro atoms. The van der Waals surface area contributed by atoms with Gasteiger partial charge in [0.25, 0.3) is 0 Å². The fourth-order valence-corrected chi connectivity index (χ4v) is 3.81. The monoisotopic (exact) mass is 360 g/mol. The first-order chi connectivity index (χ1) is 11.6. The summed E-state index contributed by atoms with van der Waals surface area (Å²) in [5, 5.41) is 10.00. The Morgan fingerprint density at radius 3 is 2.12 bits per heavy atom. The Morgan fingerprint density at radius 2 is 1.60 bits per heavy atom. The average molecular weight is 360 g/mol. The summed E-state index contributed by atoms with van der Waals surface area (Å²) in [5.74, 6) is 0.642. The van der Waals surface area contributed by atoms with E-state index in [0.717, 1.165) is 17.5 Å². The van der Waals surface area contributed by atoms with Crippen molar-refractivity contribution in [1.29, 1.82) is 0 Å². The molecule has 2 aromatic carbocycles. The maximum atomic E-state index is 10.00. The van der Waals surface area contributed by atoms with Crippen LogP contribution in [0.25, 0.3) is 0 Å². The Morgan fingerprint density at radius 1 is 1.00 bits per heavy atom. The molecule has 3 nitrogen and oxygen atoms in total. The first kappa shape index (κ1) is 19.8. The highest BCUT2D eigenvalue weighted by Gasteiger charge is 2.11. The van der Waals surface area contributed by atoms with Crippen LogP contribution in [0.2, 0.25) is 0 Å². The van der Waals surface area contributed by atoms with Crippen molar-refractivity contribution in [3.63, 3.8) is 0 Å². The van der Waals surface area contributed by atoms with Gasteiger partial charge in [0.1, 0.15) is 13.1 Å². The minimum atomic E-state index is -2.97. The van der Waals surface area contributed by atoms with Gasteiger partial charge in [-0.2, -0.15) is 0 Å². The summed E-state index contributed by atoms with van der Waals surface area (Å²) < 4.78 is 0. The maximum absolute atomic E-state index is 10.00. The van der Waals surface area contributed by atoms with Gasteiger partial charge in [-0.05, 0) is 72.1 Å². The summed E-state index contributed by atoms with van der Waals surface area (Å²) in [4.78, 5) is 19.0. The summed E-state index contributed by atoms with van der Waals surface area (Å²) in [6, 6.07) is 10.1. The van der Waals surface area contributed by atoms with Crippen LogP contribution in [0.15, 0.2) is 30.3 Å². The van der Waals surface area contributed by atoms with Crippen LogP contribution in [0, 0.1) is 13.8 Å². The Kier molecular flexibility index (Phi) is 6.16. The van der Waals surface area contributed by atoms with Crippen molar-refractivity contribution in [3.05, 3.63) is 63.7 Å². The van der Waals surface area contributed by atoms with Crippen LogP contribution in [0.3, 0.4) is 0 Å². The molecule has 2 rings (SSSR count). The van der Waals surface area contributed by atoms with Crippen molar-refractivity contribution >= 4 is 13.6 Å². The fraction of sp³-hybridized carbons (Fsp3) is 0.381. The summed E-state index contributed by atoms with van der Waals surface area (Å²) in [7, 11) is -2.97. The second-order valence-corrected chi connectivity index (χ2v) is 9.49. The van der Waals surface area contributed by atoms with E-state index in [1.165, 1.54) is 22.3 Å². The van der Waals surface area contributed by atoms with Crippen LogP contribution < -0.4 is 0 Å². The van der Waals surface area contributed by atoms with Crippen molar-refractivity contribution in [2.45, 2.75) is 46.5 Å². The van der Waals surface area contributed by atoms with Gasteiger partial charge >= 0.3 is 0 Å². The molecule has 0 amide bonds. The number of aryl methyl sites for hydroxylation is 3. The molecule has 2 aromatic rings. The van der Waals surface area contributed by atoms with Gasteiger partial charge in [-0.25, -0.2) is 0 Å². The molecule has 0 radical (unpaired) electrons. The molecule has 0 saturated heterocycles. The number of phenolic OH excluding ortho intramolecular Hbond substituents is 1. The standard InChI is InChI=1S/C21H29O3P/c1-14(2)19-12-17(6-7-21(19)22)13-20-15(3)10-18(11-16(20)4)8-9-25(5,23)24/h6-7,10-12,14,22-24H,5,8-9,13H2,1-4H3. The van der Waals surface area contributed by atoms with Gasteiger partial charge in [0.05, 0.1) is 0 Å². The van der Waals surface area contributed by atoms with Crippen molar-refractivity contribution in [2.24, 2.45) is 0 Å². The third-order valence-corrected chi connectivity index (χ3v) is 5.55. The lowest BCUT2D eigenvalue weighted by Gasteiger charge is -2.16. The zero-order valence-corrected chi connectivity index (χ0v) is 16.5. The van der Waals surface area contributed by atoms with Gasteiger partial charge in [-0.1, -0.05) is 44.4 Å². The topological polar surface area (TPSA) is 60.7 Å². The fourth-order valence-electron chi connectivity index (χ4n) is 3.19. The lowest BCUT2D eigenvalue weighted by Crippen LogP contribution is -2.01. The smallest absolute Gasteiger partial charge is 0.119 e. The molecule has 4 heteroatoms. The molecule has 0 aliphatic rings. The molecule has 3 N–H and O–H groups in total. The number of rotatable bonds is 6. The molecule has 0 aliphatic carbocycles. The molecule has 0 atom stereocenters. The van der Waals surface area contributed by atoms with Crippen LogP contribution in [-0.2, 0) is 12.8 Å². The predicted octanol–water partition coefficient (Wildman–Crippen LogP) is 4.53. The second kappa shape index (κ2) is 7.78. The lowest BCUT2D eigenvalue weighted by atomic mass is 9.91. The summed E-state index contributed by atoms with van der Waals surface area (Å²) in [6.07, 6.45) is 5.21. The number of hydrogen-bond donors (Lipinski definition) is 3. The third kappa shape index (κ3) is 5.47. The SMILES string of the molecule is C=P(O)(O)CCc1cc(C)c(Cc2ccc(O)c(C(C)C)c2)c(C)c1. The largest absolute Gasteiger partial charge is 0.508 e. The van der Waals surface area contributed by atoms with Gasteiger partial charge < -0.3 is 14.9 Å². The minimum Gasteiger partial charge on any atom is -0.508 e. The van der Waals surface area contributed by atoms with Crippen LogP contribution in [-0.4, -0.2) is 27.4 Å². The van der Waals surface area contributed by atoms with Crippen LogP contribution >= 0.6 is 7.34 Å². The Labute approximate surface area is 151 Å². The minimum absolute atomic E-state index is 0.285. The molecule has 136 valence electrons. The van der Waals surface area contributed by atoms with E-state index in [1.807, 2.05) is 6.07 Å². The molecule has 0 fully saturated rings. The van der Waals surface area contributed by atoms with Crippen molar-refractivity contribution < 1.29 is 14.9 Å². The molecular formula is C21H29O3P. The highest BCUT2D eigenvalue weighted by atomic mass is 31.2.